The first-order valence-electron chi connectivity index (χ1n) is 7.39. The van der Waals surface area contributed by atoms with Gasteiger partial charge in [-0.25, -0.2) is 0 Å². The van der Waals surface area contributed by atoms with Gasteiger partial charge in [0.1, 0.15) is 5.56 Å². The molecule has 0 fully saturated rings. The maximum Gasteiger partial charge on any atom is 0.261 e. The van der Waals surface area contributed by atoms with E-state index < -0.39 is 11.5 Å². The van der Waals surface area contributed by atoms with Crippen molar-refractivity contribution in [1.29, 1.82) is 0 Å². The maximum absolute atomic E-state index is 12.6. The molecule has 1 aromatic carbocycles. The Balaban J connectivity index is 2.48. The second-order valence-electron chi connectivity index (χ2n) is 5.18. The highest BCUT2D eigenvalue weighted by Gasteiger charge is 2.19. The number of amides is 1. The van der Waals surface area contributed by atoms with Crippen LogP contribution in [0.5, 0.6) is 0 Å². The molecule has 0 spiro atoms. The third kappa shape index (κ3) is 3.76. The summed E-state index contributed by atoms with van der Waals surface area (Å²) >= 11 is 0. The summed E-state index contributed by atoms with van der Waals surface area (Å²) in [5.74, 6) is -0.419. The first kappa shape index (κ1) is 16.7. The monoisotopic (exact) mass is 312 g/mol. The molecule has 5 heteroatoms. The summed E-state index contributed by atoms with van der Waals surface area (Å²) in [6.07, 6.45) is 1.56. The van der Waals surface area contributed by atoms with Gasteiger partial charge in [0.25, 0.3) is 11.5 Å². The smallest absolute Gasteiger partial charge is 0.261 e. The fourth-order valence-electron chi connectivity index (χ4n) is 2.42. The summed E-state index contributed by atoms with van der Waals surface area (Å²) < 4.78 is 0. The standard InChI is InChI=1S/C18H20N2O3/c1-3-9-20(10-11-21)18(23)16-12-15(13(2)19-17(16)22)14-7-5-4-6-8-14/h3-8,12,21H,1,9-11H2,2H3,(H,19,22). The van der Waals surface area contributed by atoms with Crippen LogP contribution < -0.4 is 5.56 Å². The second kappa shape index (κ2) is 7.56. The van der Waals surface area contributed by atoms with Crippen LogP contribution in [0.2, 0.25) is 0 Å². The van der Waals surface area contributed by atoms with E-state index in [1.54, 1.807) is 19.1 Å². The summed E-state index contributed by atoms with van der Waals surface area (Å²) in [5, 5.41) is 9.09. The molecule has 0 saturated heterocycles. The van der Waals surface area contributed by atoms with Gasteiger partial charge < -0.3 is 15.0 Å². The Morgan fingerprint density at radius 3 is 2.65 bits per heavy atom. The van der Waals surface area contributed by atoms with Crippen LogP contribution in [-0.2, 0) is 0 Å². The number of nitrogens with one attached hydrogen (secondary N) is 1. The van der Waals surface area contributed by atoms with Crippen molar-refractivity contribution in [3.8, 4) is 11.1 Å². The minimum atomic E-state index is -0.431. The Bertz CT molecular complexity index is 751. The first-order chi connectivity index (χ1) is 11.1. The fraction of sp³-hybridized carbons (Fsp3) is 0.222. The predicted molar refractivity (Wildman–Crippen MR) is 90.4 cm³/mol. The molecule has 0 atom stereocenters. The number of aromatic nitrogens is 1. The van der Waals surface area contributed by atoms with Crippen molar-refractivity contribution in [3.05, 3.63) is 70.7 Å². The largest absolute Gasteiger partial charge is 0.395 e. The van der Waals surface area contributed by atoms with E-state index in [1.807, 2.05) is 30.3 Å². The number of hydrogen-bond donors (Lipinski definition) is 2. The molecule has 2 rings (SSSR count). The van der Waals surface area contributed by atoms with Crippen LogP contribution in [0.3, 0.4) is 0 Å². The number of aryl methyl sites for hydroxylation is 1. The second-order valence-corrected chi connectivity index (χ2v) is 5.18. The van der Waals surface area contributed by atoms with Gasteiger partial charge in [0.15, 0.2) is 0 Å². The molecular weight excluding hydrogens is 292 g/mol. The third-order valence-electron chi connectivity index (χ3n) is 3.56. The van der Waals surface area contributed by atoms with E-state index in [0.29, 0.717) is 5.69 Å². The van der Waals surface area contributed by atoms with Crippen LogP contribution in [-0.4, -0.2) is 40.6 Å². The number of aromatic amines is 1. The van der Waals surface area contributed by atoms with Crippen LogP contribution in [0.4, 0.5) is 0 Å². The van der Waals surface area contributed by atoms with Crippen molar-refractivity contribution in [2.45, 2.75) is 6.92 Å². The lowest BCUT2D eigenvalue weighted by atomic mass is 10.0. The number of rotatable bonds is 6. The zero-order chi connectivity index (χ0) is 16.8. The van der Waals surface area contributed by atoms with Crippen molar-refractivity contribution in [3.63, 3.8) is 0 Å². The Labute approximate surface area is 134 Å². The molecule has 23 heavy (non-hydrogen) atoms. The number of nitrogens with zero attached hydrogens (tertiary/aromatic N) is 1. The van der Waals surface area contributed by atoms with Gasteiger partial charge in [0, 0.05) is 24.3 Å². The van der Waals surface area contributed by atoms with Gasteiger partial charge in [0.05, 0.1) is 6.61 Å². The average Bonchev–Trinajstić information content (AvgIpc) is 2.55. The number of aliphatic hydroxyl groups is 1. The Hall–Kier alpha value is -2.66. The molecule has 2 aromatic rings. The van der Waals surface area contributed by atoms with Crippen molar-refractivity contribution in [2.24, 2.45) is 0 Å². The van der Waals surface area contributed by atoms with E-state index in [4.69, 9.17) is 5.11 Å². The molecule has 2 N–H and O–H groups in total. The zero-order valence-corrected chi connectivity index (χ0v) is 13.1. The normalized spacial score (nSPS) is 10.3. The van der Waals surface area contributed by atoms with Gasteiger partial charge in [-0.15, -0.1) is 6.58 Å². The molecule has 0 aliphatic heterocycles. The number of carbonyl (C=O) groups excluding carboxylic acids is 1. The molecule has 120 valence electrons. The lowest BCUT2D eigenvalue weighted by molar-refractivity contribution is 0.0741. The molecule has 0 saturated carbocycles. The molecule has 0 aliphatic rings. The number of aliphatic hydroxyl groups excluding tert-OH is 1. The molecule has 0 radical (unpaired) electrons. The molecule has 5 nitrogen and oxygen atoms in total. The molecule has 0 bridgehead atoms. The minimum Gasteiger partial charge on any atom is -0.395 e. The number of pyridine rings is 1. The van der Waals surface area contributed by atoms with Gasteiger partial charge >= 0.3 is 0 Å². The zero-order valence-electron chi connectivity index (χ0n) is 13.1. The SMILES string of the molecule is C=CCN(CCO)C(=O)c1cc(-c2ccccc2)c(C)[nH]c1=O. The van der Waals surface area contributed by atoms with Gasteiger partial charge in [-0.3, -0.25) is 9.59 Å². The van der Waals surface area contributed by atoms with E-state index in [0.717, 1.165) is 11.1 Å². The topological polar surface area (TPSA) is 73.4 Å². The Kier molecular flexibility index (Phi) is 5.49. The average molecular weight is 312 g/mol. The Morgan fingerprint density at radius 1 is 1.35 bits per heavy atom. The highest BCUT2D eigenvalue weighted by atomic mass is 16.3. The van der Waals surface area contributed by atoms with Crippen LogP contribution in [0.25, 0.3) is 11.1 Å². The van der Waals surface area contributed by atoms with Crippen LogP contribution >= 0.6 is 0 Å². The van der Waals surface area contributed by atoms with Crippen LogP contribution in [0, 0.1) is 6.92 Å². The highest BCUT2D eigenvalue weighted by Crippen LogP contribution is 2.21. The van der Waals surface area contributed by atoms with Crippen molar-refractivity contribution < 1.29 is 9.90 Å². The predicted octanol–water partition coefficient (Wildman–Crippen LogP) is 1.97. The first-order valence-corrected chi connectivity index (χ1v) is 7.39. The lowest BCUT2D eigenvalue weighted by Gasteiger charge is -2.20. The van der Waals surface area contributed by atoms with Gasteiger partial charge in [-0.1, -0.05) is 36.4 Å². The minimum absolute atomic E-state index is 0.0600. The number of H-pyrrole nitrogens is 1. The van der Waals surface area contributed by atoms with Crippen LogP contribution in [0.15, 0.2) is 53.8 Å². The van der Waals surface area contributed by atoms with E-state index in [2.05, 4.69) is 11.6 Å². The lowest BCUT2D eigenvalue weighted by Crippen LogP contribution is -2.37. The molecule has 1 amide bonds. The number of benzene rings is 1. The summed E-state index contributed by atoms with van der Waals surface area (Å²) in [7, 11) is 0. The van der Waals surface area contributed by atoms with Crippen LogP contribution in [0.1, 0.15) is 16.1 Å². The van der Waals surface area contributed by atoms with E-state index in [1.165, 1.54) is 4.90 Å². The Morgan fingerprint density at radius 2 is 2.04 bits per heavy atom. The van der Waals surface area contributed by atoms with E-state index >= 15 is 0 Å². The molecule has 0 unspecified atom stereocenters. The third-order valence-corrected chi connectivity index (χ3v) is 3.56. The summed E-state index contributed by atoms with van der Waals surface area (Å²) in [6.45, 7) is 5.65. The molecule has 1 heterocycles. The summed E-state index contributed by atoms with van der Waals surface area (Å²) in [4.78, 5) is 28.9. The van der Waals surface area contributed by atoms with E-state index in [9.17, 15) is 9.59 Å². The summed E-state index contributed by atoms with van der Waals surface area (Å²) in [6, 6.07) is 11.2. The highest BCUT2D eigenvalue weighted by molar-refractivity contribution is 5.95. The quantitative estimate of drug-likeness (QED) is 0.801. The number of hydrogen-bond acceptors (Lipinski definition) is 3. The van der Waals surface area contributed by atoms with E-state index in [-0.39, 0.29) is 25.3 Å². The van der Waals surface area contributed by atoms with Gasteiger partial charge in [-0.05, 0) is 18.6 Å². The summed E-state index contributed by atoms with van der Waals surface area (Å²) in [5.41, 5.74) is 2.06. The molecule has 0 aliphatic carbocycles. The molecule has 1 aromatic heterocycles. The van der Waals surface area contributed by atoms with Crippen molar-refractivity contribution in [1.82, 2.24) is 9.88 Å². The van der Waals surface area contributed by atoms with Gasteiger partial charge in [0.2, 0.25) is 0 Å². The number of carbonyl (C=O) groups is 1. The van der Waals surface area contributed by atoms with Crippen molar-refractivity contribution >= 4 is 5.91 Å². The maximum atomic E-state index is 12.6. The molecular formula is C18H20N2O3. The fourth-order valence-corrected chi connectivity index (χ4v) is 2.42. The van der Waals surface area contributed by atoms with Crippen molar-refractivity contribution in [2.75, 3.05) is 19.7 Å². The van der Waals surface area contributed by atoms with Gasteiger partial charge in [-0.2, -0.15) is 0 Å².